The number of H-pyrrole nitrogens is 1. The highest BCUT2D eigenvalue weighted by molar-refractivity contribution is 7.19. The van der Waals surface area contributed by atoms with Crippen molar-refractivity contribution in [2.45, 2.75) is 6.92 Å². The molecule has 0 radical (unpaired) electrons. The summed E-state index contributed by atoms with van der Waals surface area (Å²) in [5.74, 6) is 1.44. The number of hydrogen-bond acceptors (Lipinski definition) is 6. The number of ether oxygens (including phenoxy) is 1. The van der Waals surface area contributed by atoms with Gasteiger partial charge >= 0.3 is 0 Å². The van der Waals surface area contributed by atoms with E-state index in [4.69, 9.17) is 9.72 Å². The average molecular weight is 388 g/mol. The van der Waals surface area contributed by atoms with Gasteiger partial charge in [0.2, 0.25) is 0 Å². The van der Waals surface area contributed by atoms with Crippen molar-refractivity contribution in [3.63, 3.8) is 0 Å². The van der Waals surface area contributed by atoms with E-state index < -0.39 is 0 Å². The van der Waals surface area contributed by atoms with Crippen molar-refractivity contribution in [3.05, 3.63) is 60.7 Å². The first-order chi connectivity index (χ1) is 13.8. The Morgan fingerprint density at radius 3 is 2.79 bits per heavy atom. The van der Waals surface area contributed by atoms with Crippen LogP contribution in [0.25, 0.3) is 38.0 Å². The number of aromatic nitrogens is 6. The molecule has 0 unspecified atom stereocenters. The Bertz CT molecular complexity index is 1270. The normalized spacial score (nSPS) is 11.2. The maximum atomic E-state index is 5.57. The molecule has 0 saturated heterocycles. The maximum absolute atomic E-state index is 5.57. The molecule has 4 heterocycles. The van der Waals surface area contributed by atoms with Crippen molar-refractivity contribution < 1.29 is 4.74 Å². The highest BCUT2D eigenvalue weighted by Gasteiger charge is 2.23. The van der Waals surface area contributed by atoms with Crippen LogP contribution in [-0.4, -0.2) is 36.9 Å². The van der Waals surface area contributed by atoms with Crippen LogP contribution in [0.15, 0.2) is 55.0 Å². The number of benzene rings is 1. The van der Waals surface area contributed by atoms with Gasteiger partial charge in [0, 0.05) is 11.8 Å². The van der Waals surface area contributed by atoms with Crippen molar-refractivity contribution in [1.29, 1.82) is 0 Å². The van der Waals surface area contributed by atoms with Crippen LogP contribution < -0.4 is 4.74 Å². The fraction of sp³-hybridized carbons (Fsp3) is 0.100. The fourth-order valence-electron chi connectivity index (χ4n) is 3.31. The standard InChI is InChI=1S/C20H16N6OS/c1-12-16(14-8-5-6-10-26(14)25-12)20-23-17(13-7-3-4-9-15(13)27-2)18(28-20)19-21-11-22-24-19/h3-11H,1-2H3,(H,21,22,24). The lowest BCUT2D eigenvalue weighted by atomic mass is 10.1. The van der Waals surface area contributed by atoms with Crippen molar-refractivity contribution in [2.24, 2.45) is 0 Å². The van der Waals surface area contributed by atoms with Crippen LogP contribution in [0.3, 0.4) is 0 Å². The van der Waals surface area contributed by atoms with Gasteiger partial charge < -0.3 is 4.74 Å². The predicted molar refractivity (Wildman–Crippen MR) is 108 cm³/mol. The zero-order chi connectivity index (χ0) is 19.1. The number of para-hydroxylation sites is 1. The molecule has 0 atom stereocenters. The van der Waals surface area contributed by atoms with E-state index >= 15 is 0 Å². The molecular weight excluding hydrogens is 372 g/mol. The van der Waals surface area contributed by atoms with E-state index in [0.717, 1.165) is 43.7 Å². The monoisotopic (exact) mass is 388 g/mol. The van der Waals surface area contributed by atoms with Crippen LogP contribution in [0.2, 0.25) is 0 Å². The molecule has 0 bridgehead atoms. The molecule has 4 aromatic heterocycles. The van der Waals surface area contributed by atoms with Crippen molar-refractivity contribution in [3.8, 4) is 38.3 Å². The first kappa shape index (κ1) is 16.6. The van der Waals surface area contributed by atoms with Gasteiger partial charge in [0.1, 0.15) is 17.1 Å². The third kappa shape index (κ3) is 2.57. The number of hydrogen-bond donors (Lipinski definition) is 1. The zero-order valence-electron chi connectivity index (χ0n) is 15.2. The molecule has 8 heteroatoms. The number of rotatable bonds is 4. The number of nitrogens with zero attached hydrogens (tertiary/aromatic N) is 5. The quantitative estimate of drug-likeness (QED) is 0.498. The third-order valence-corrected chi connectivity index (χ3v) is 5.63. The van der Waals surface area contributed by atoms with Crippen LogP contribution in [0.1, 0.15) is 5.69 Å². The number of fused-ring (bicyclic) bond motifs is 1. The van der Waals surface area contributed by atoms with Crippen molar-refractivity contribution in [1.82, 2.24) is 29.8 Å². The van der Waals surface area contributed by atoms with Crippen LogP contribution in [-0.2, 0) is 0 Å². The molecule has 28 heavy (non-hydrogen) atoms. The summed E-state index contributed by atoms with van der Waals surface area (Å²) in [6, 6.07) is 13.9. The fourth-order valence-corrected chi connectivity index (χ4v) is 4.44. The summed E-state index contributed by atoms with van der Waals surface area (Å²) in [6.45, 7) is 2.00. The number of aromatic amines is 1. The summed E-state index contributed by atoms with van der Waals surface area (Å²) in [5.41, 5.74) is 4.68. The van der Waals surface area contributed by atoms with E-state index in [1.807, 2.05) is 60.1 Å². The summed E-state index contributed by atoms with van der Waals surface area (Å²) < 4.78 is 7.45. The topological polar surface area (TPSA) is 81.0 Å². The second-order valence-electron chi connectivity index (χ2n) is 6.22. The lowest BCUT2D eigenvalue weighted by molar-refractivity contribution is 0.416. The van der Waals surface area contributed by atoms with Gasteiger partial charge in [-0.2, -0.15) is 10.2 Å². The minimum atomic E-state index is 0.679. The molecular formula is C20H16N6OS. The molecule has 1 aromatic carbocycles. The van der Waals surface area contributed by atoms with Gasteiger partial charge in [0.15, 0.2) is 5.82 Å². The number of thiazole rings is 1. The van der Waals surface area contributed by atoms with Crippen LogP contribution in [0, 0.1) is 6.92 Å². The van der Waals surface area contributed by atoms with E-state index in [2.05, 4.69) is 20.3 Å². The van der Waals surface area contributed by atoms with E-state index in [0.29, 0.717) is 5.82 Å². The third-order valence-electron chi connectivity index (χ3n) is 4.55. The van der Waals surface area contributed by atoms with Gasteiger partial charge in [-0.3, -0.25) is 5.10 Å². The van der Waals surface area contributed by atoms with E-state index in [1.165, 1.54) is 6.33 Å². The average Bonchev–Trinajstić information content (AvgIpc) is 3.45. The molecule has 1 N–H and O–H groups in total. The highest BCUT2D eigenvalue weighted by atomic mass is 32.1. The summed E-state index contributed by atoms with van der Waals surface area (Å²) in [6.07, 6.45) is 3.44. The summed E-state index contributed by atoms with van der Waals surface area (Å²) >= 11 is 1.56. The minimum Gasteiger partial charge on any atom is -0.496 e. The molecule has 0 saturated carbocycles. The Hall–Kier alpha value is -3.52. The Morgan fingerprint density at radius 2 is 1.96 bits per heavy atom. The van der Waals surface area contributed by atoms with E-state index in [-0.39, 0.29) is 0 Å². The number of pyridine rings is 1. The molecule has 0 spiro atoms. The summed E-state index contributed by atoms with van der Waals surface area (Å²) in [5, 5.41) is 12.5. The van der Waals surface area contributed by atoms with Gasteiger partial charge in [-0.1, -0.05) is 18.2 Å². The Labute approximate surface area is 164 Å². The maximum Gasteiger partial charge on any atom is 0.167 e. The lowest BCUT2D eigenvalue weighted by Gasteiger charge is -2.06. The molecule has 138 valence electrons. The molecule has 5 aromatic rings. The van der Waals surface area contributed by atoms with E-state index in [1.54, 1.807) is 18.4 Å². The molecule has 0 aliphatic rings. The second-order valence-corrected chi connectivity index (χ2v) is 7.22. The molecule has 0 amide bonds. The Kier molecular flexibility index (Phi) is 3.91. The first-order valence-corrected chi connectivity index (χ1v) is 9.52. The molecule has 0 aliphatic carbocycles. The van der Waals surface area contributed by atoms with Gasteiger partial charge in [-0.25, -0.2) is 14.5 Å². The van der Waals surface area contributed by atoms with Crippen LogP contribution in [0.4, 0.5) is 0 Å². The largest absolute Gasteiger partial charge is 0.496 e. The molecule has 0 fully saturated rings. The first-order valence-electron chi connectivity index (χ1n) is 8.70. The summed E-state index contributed by atoms with van der Waals surface area (Å²) in [4.78, 5) is 10.3. The van der Waals surface area contributed by atoms with Crippen LogP contribution in [0.5, 0.6) is 5.75 Å². The van der Waals surface area contributed by atoms with Gasteiger partial charge in [-0.15, -0.1) is 11.3 Å². The SMILES string of the molecule is COc1ccccc1-c1nc(-c2c(C)nn3ccccc23)sc1-c1ncn[nH]1. The molecule has 0 aliphatic heterocycles. The number of methoxy groups -OCH3 is 1. The van der Waals surface area contributed by atoms with Gasteiger partial charge in [0.25, 0.3) is 0 Å². The smallest absolute Gasteiger partial charge is 0.167 e. The minimum absolute atomic E-state index is 0.679. The Morgan fingerprint density at radius 1 is 1.11 bits per heavy atom. The van der Waals surface area contributed by atoms with Crippen molar-refractivity contribution in [2.75, 3.05) is 7.11 Å². The van der Waals surface area contributed by atoms with Crippen LogP contribution >= 0.6 is 11.3 Å². The number of nitrogens with one attached hydrogen (secondary N) is 1. The summed E-state index contributed by atoms with van der Waals surface area (Å²) in [7, 11) is 1.66. The second kappa shape index (κ2) is 6.58. The number of aryl methyl sites for hydroxylation is 1. The lowest BCUT2D eigenvalue weighted by Crippen LogP contribution is -1.90. The molecule has 7 nitrogen and oxygen atoms in total. The Balaban J connectivity index is 1.79. The molecule has 5 rings (SSSR count). The zero-order valence-corrected chi connectivity index (χ0v) is 16.1. The van der Waals surface area contributed by atoms with Crippen molar-refractivity contribution >= 4 is 16.9 Å². The van der Waals surface area contributed by atoms with Gasteiger partial charge in [0.05, 0.1) is 34.5 Å². The highest BCUT2D eigenvalue weighted by Crippen LogP contribution is 2.43. The predicted octanol–water partition coefficient (Wildman–Crippen LogP) is 4.23. The van der Waals surface area contributed by atoms with Gasteiger partial charge in [-0.05, 0) is 31.2 Å². The van der Waals surface area contributed by atoms with E-state index in [9.17, 15) is 0 Å².